The van der Waals surface area contributed by atoms with Gasteiger partial charge in [0.25, 0.3) is 5.91 Å². The number of esters is 1. The summed E-state index contributed by atoms with van der Waals surface area (Å²) in [7, 11) is 2.93. The Balaban J connectivity index is 4.70. The molecule has 0 aliphatic carbocycles. The molecule has 0 aliphatic heterocycles. The third-order valence-electron chi connectivity index (χ3n) is 2.23. The molecule has 0 aromatic carbocycles. The molecule has 0 radical (unpaired) electrons. The first-order chi connectivity index (χ1) is 7.93. The Morgan fingerprint density at radius 3 is 2.29 bits per heavy atom. The molecule has 96 valence electrons. The third-order valence-corrected chi connectivity index (χ3v) is 2.23. The molecule has 0 unspecified atom stereocenters. The molecular weight excluding hydrogens is 222 g/mol. The van der Waals surface area contributed by atoms with Crippen molar-refractivity contribution in [1.82, 2.24) is 5.06 Å². The number of allylic oxidation sites excluding steroid dienone is 2. The number of likely N-dealkylation sites (N-methyl/N-ethyl adjacent to an activating group) is 1. The Morgan fingerprint density at radius 1 is 1.24 bits per heavy atom. The van der Waals surface area contributed by atoms with Gasteiger partial charge in [0.1, 0.15) is 0 Å². The van der Waals surface area contributed by atoms with Crippen LogP contribution in [0.1, 0.15) is 20.8 Å². The van der Waals surface area contributed by atoms with Gasteiger partial charge in [-0.1, -0.05) is 6.08 Å². The summed E-state index contributed by atoms with van der Waals surface area (Å²) in [6, 6.07) is 0. The Kier molecular flexibility index (Phi) is 6.89. The lowest BCUT2D eigenvalue weighted by molar-refractivity contribution is -0.163. The van der Waals surface area contributed by atoms with E-state index in [2.05, 4.69) is 0 Å². The van der Waals surface area contributed by atoms with E-state index in [1.54, 1.807) is 26.8 Å². The number of ether oxygens (including phenoxy) is 1. The third kappa shape index (κ3) is 5.31. The van der Waals surface area contributed by atoms with Crippen molar-refractivity contribution in [3.8, 4) is 0 Å². The van der Waals surface area contributed by atoms with Gasteiger partial charge in [0.2, 0.25) is 0 Å². The van der Waals surface area contributed by atoms with Crippen molar-refractivity contribution in [1.29, 1.82) is 0 Å². The zero-order valence-corrected chi connectivity index (χ0v) is 10.9. The molecule has 0 aromatic heterocycles. The SMILES string of the molecule is CCOC(=O)/C=C/C(C)=C(/C)C(=O)N(C)OC. The van der Waals surface area contributed by atoms with Crippen LogP contribution >= 0.6 is 0 Å². The summed E-state index contributed by atoms with van der Waals surface area (Å²) in [5.74, 6) is -0.675. The maximum absolute atomic E-state index is 11.7. The normalized spacial score (nSPS) is 12.3. The monoisotopic (exact) mass is 241 g/mol. The van der Waals surface area contributed by atoms with E-state index in [0.717, 1.165) is 5.06 Å². The maximum atomic E-state index is 11.7. The Bertz CT molecular complexity index is 344. The molecule has 0 spiro atoms. The second-order valence-corrected chi connectivity index (χ2v) is 3.38. The number of nitrogens with zero attached hydrogens (tertiary/aromatic N) is 1. The van der Waals surface area contributed by atoms with Crippen LogP contribution in [0.4, 0.5) is 0 Å². The fourth-order valence-electron chi connectivity index (χ4n) is 0.996. The van der Waals surface area contributed by atoms with E-state index in [-0.39, 0.29) is 5.91 Å². The average Bonchev–Trinajstić information content (AvgIpc) is 2.33. The van der Waals surface area contributed by atoms with Gasteiger partial charge in [-0.05, 0) is 26.3 Å². The van der Waals surface area contributed by atoms with Crippen molar-refractivity contribution < 1.29 is 19.2 Å². The van der Waals surface area contributed by atoms with Crippen LogP contribution in [0.25, 0.3) is 0 Å². The van der Waals surface area contributed by atoms with Crippen molar-refractivity contribution in [3.05, 3.63) is 23.3 Å². The first-order valence-electron chi connectivity index (χ1n) is 5.28. The van der Waals surface area contributed by atoms with Gasteiger partial charge in [-0.3, -0.25) is 9.63 Å². The number of amides is 1. The van der Waals surface area contributed by atoms with Crippen molar-refractivity contribution in [2.45, 2.75) is 20.8 Å². The van der Waals surface area contributed by atoms with Gasteiger partial charge < -0.3 is 4.74 Å². The van der Waals surface area contributed by atoms with Gasteiger partial charge in [-0.2, -0.15) is 0 Å². The summed E-state index contributed by atoms with van der Waals surface area (Å²) in [5.41, 5.74) is 1.20. The van der Waals surface area contributed by atoms with Gasteiger partial charge in [0.05, 0.1) is 13.7 Å². The molecule has 0 aliphatic rings. The van der Waals surface area contributed by atoms with Crippen LogP contribution in [0.5, 0.6) is 0 Å². The minimum atomic E-state index is -0.424. The topological polar surface area (TPSA) is 55.8 Å². The molecule has 0 bridgehead atoms. The van der Waals surface area contributed by atoms with Crippen molar-refractivity contribution in [2.75, 3.05) is 20.8 Å². The minimum Gasteiger partial charge on any atom is -0.463 e. The quantitative estimate of drug-likeness (QED) is 0.316. The van der Waals surface area contributed by atoms with Gasteiger partial charge in [-0.25, -0.2) is 9.86 Å². The summed E-state index contributed by atoms with van der Waals surface area (Å²) in [4.78, 5) is 27.5. The molecule has 0 heterocycles. The predicted molar refractivity (Wildman–Crippen MR) is 63.9 cm³/mol. The summed E-state index contributed by atoms with van der Waals surface area (Å²) >= 11 is 0. The van der Waals surface area contributed by atoms with Crippen LogP contribution in [-0.4, -0.2) is 37.7 Å². The lowest BCUT2D eigenvalue weighted by Gasteiger charge is -2.14. The Hall–Kier alpha value is -1.62. The van der Waals surface area contributed by atoms with Gasteiger partial charge in [-0.15, -0.1) is 0 Å². The van der Waals surface area contributed by atoms with Crippen molar-refractivity contribution in [3.63, 3.8) is 0 Å². The first kappa shape index (κ1) is 15.4. The molecule has 0 saturated carbocycles. The highest BCUT2D eigenvalue weighted by Crippen LogP contribution is 2.08. The van der Waals surface area contributed by atoms with Crippen molar-refractivity contribution >= 4 is 11.9 Å². The van der Waals surface area contributed by atoms with Crippen LogP contribution in [-0.2, 0) is 19.2 Å². The van der Waals surface area contributed by atoms with E-state index in [9.17, 15) is 9.59 Å². The van der Waals surface area contributed by atoms with E-state index in [1.807, 2.05) is 0 Å². The van der Waals surface area contributed by atoms with Crippen LogP contribution in [0.3, 0.4) is 0 Å². The molecule has 0 fully saturated rings. The minimum absolute atomic E-state index is 0.251. The van der Waals surface area contributed by atoms with Gasteiger partial charge in [0.15, 0.2) is 0 Å². The second-order valence-electron chi connectivity index (χ2n) is 3.38. The van der Waals surface area contributed by atoms with Crippen LogP contribution < -0.4 is 0 Å². The van der Waals surface area contributed by atoms with Crippen molar-refractivity contribution in [2.24, 2.45) is 0 Å². The predicted octanol–water partition coefficient (Wildman–Crippen LogP) is 1.46. The number of carbonyl (C=O) groups excluding carboxylic acids is 2. The highest BCUT2D eigenvalue weighted by molar-refractivity contribution is 5.93. The van der Waals surface area contributed by atoms with Crippen LogP contribution in [0, 0.1) is 0 Å². The highest BCUT2D eigenvalue weighted by Gasteiger charge is 2.11. The van der Waals surface area contributed by atoms with E-state index in [4.69, 9.17) is 9.57 Å². The molecule has 0 saturated heterocycles. The average molecular weight is 241 g/mol. The Labute approximate surface area is 102 Å². The molecule has 5 nitrogen and oxygen atoms in total. The second kappa shape index (κ2) is 7.62. The smallest absolute Gasteiger partial charge is 0.330 e. The zero-order valence-electron chi connectivity index (χ0n) is 10.9. The first-order valence-corrected chi connectivity index (χ1v) is 5.28. The largest absolute Gasteiger partial charge is 0.463 e. The highest BCUT2D eigenvalue weighted by atomic mass is 16.7. The van der Waals surface area contributed by atoms with Gasteiger partial charge >= 0.3 is 5.97 Å². The number of hydroxylamine groups is 2. The summed E-state index contributed by atoms with van der Waals surface area (Å²) in [6.45, 7) is 5.47. The number of hydrogen-bond donors (Lipinski definition) is 0. The Morgan fingerprint density at radius 2 is 1.82 bits per heavy atom. The van der Waals surface area contributed by atoms with Crippen LogP contribution in [0.15, 0.2) is 23.3 Å². The standard InChI is InChI=1S/C12H19NO4/c1-6-17-11(14)8-7-9(2)10(3)12(15)13(4)16-5/h7-8H,6H2,1-5H3/b8-7+,10-9-. The van der Waals surface area contributed by atoms with E-state index < -0.39 is 5.97 Å². The van der Waals surface area contributed by atoms with E-state index in [0.29, 0.717) is 17.8 Å². The van der Waals surface area contributed by atoms with Crippen LogP contribution in [0.2, 0.25) is 0 Å². The maximum Gasteiger partial charge on any atom is 0.330 e. The number of rotatable bonds is 5. The van der Waals surface area contributed by atoms with E-state index >= 15 is 0 Å². The summed E-state index contributed by atoms with van der Waals surface area (Å²) in [5, 5.41) is 1.12. The molecule has 17 heavy (non-hydrogen) atoms. The van der Waals surface area contributed by atoms with E-state index in [1.165, 1.54) is 20.2 Å². The molecule has 0 N–H and O–H groups in total. The summed E-state index contributed by atoms with van der Waals surface area (Å²) < 4.78 is 4.73. The molecule has 0 rings (SSSR count). The lowest BCUT2D eigenvalue weighted by atomic mass is 10.1. The lowest BCUT2D eigenvalue weighted by Crippen LogP contribution is -2.26. The zero-order chi connectivity index (χ0) is 13.4. The molecule has 0 aromatic rings. The molecule has 1 amide bonds. The molecule has 0 atom stereocenters. The fraction of sp³-hybridized carbons (Fsp3) is 0.500. The number of hydrogen-bond acceptors (Lipinski definition) is 4. The molecular formula is C12H19NO4. The number of carbonyl (C=O) groups is 2. The molecule has 5 heteroatoms. The van der Waals surface area contributed by atoms with Gasteiger partial charge in [0, 0.05) is 18.7 Å². The fourth-order valence-corrected chi connectivity index (χ4v) is 0.996. The summed E-state index contributed by atoms with van der Waals surface area (Å²) in [6.07, 6.45) is 2.84.